The molecule has 6 nitrogen and oxygen atoms in total. The molecule has 1 aromatic carbocycles. The Bertz CT molecular complexity index is 590. The lowest BCUT2D eigenvalue weighted by atomic mass is 10.0. The van der Waals surface area contributed by atoms with Crippen LogP contribution in [0.15, 0.2) is 41.6 Å². The van der Waals surface area contributed by atoms with E-state index in [4.69, 9.17) is 5.53 Å². The first-order valence-electron chi connectivity index (χ1n) is 5.44. The molecule has 2 atom stereocenters. The smallest absolute Gasteiger partial charge is 0.107 e. The topological polar surface area (TPSA) is 102 Å². The zero-order valence-electron chi connectivity index (χ0n) is 9.51. The van der Waals surface area contributed by atoms with Gasteiger partial charge in [0.25, 0.3) is 0 Å². The third-order valence-electron chi connectivity index (χ3n) is 2.68. The number of pyridine rings is 1. The largest absolute Gasteiger partial charge is 0.390 e. The number of benzene rings is 1. The molecule has 0 radical (unpaired) electrons. The highest BCUT2D eigenvalue weighted by Gasteiger charge is 2.20. The Balaban J connectivity index is 2.38. The van der Waals surface area contributed by atoms with Gasteiger partial charge in [0, 0.05) is 22.1 Å². The fraction of sp³-hybridized carbons (Fsp3) is 0.250. The van der Waals surface area contributed by atoms with Crippen LogP contribution in [0, 0.1) is 0 Å². The molecule has 2 rings (SSSR count). The zero-order chi connectivity index (χ0) is 13.0. The molecule has 0 saturated carbocycles. The van der Waals surface area contributed by atoms with Gasteiger partial charge in [0.15, 0.2) is 0 Å². The molecule has 0 amide bonds. The highest BCUT2D eigenvalue weighted by molar-refractivity contribution is 5.81. The first-order chi connectivity index (χ1) is 8.74. The molecule has 0 aliphatic carbocycles. The number of hydrogen-bond donors (Lipinski definition) is 2. The van der Waals surface area contributed by atoms with E-state index >= 15 is 0 Å². The standard InChI is InChI=1S/C12H12N4O2/c13-16-15-7-10(17)12(18)9-5-1-3-8-4-2-6-14-11(8)9/h1-6,10,12,17-18H,7H2. The van der Waals surface area contributed by atoms with E-state index in [0.29, 0.717) is 11.1 Å². The quantitative estimate of drug-likeness (QED) is 0.488. The molecule has 1 heterocycles. The summed E-state index contributed by atoms with van der Waals surface area (Å²) in [7, 11) is 0. The van der Waals surface area contributed by atoms with Gasteiger partial charge in [-0.15, -0.1) is 0 Å². The molecule has 0 aliphatic rings. The molecular formula is C12H12N4O2. The van der Waals surface area contributed by atoms with Crippen LogP contribution in [-0.4, -0.2) is 27.8 Å². The number of para-hydroxylation sites is 1. The highest BCUT2D eigenvalue weighted by Crippen LogP contribution is 2.24. The Kier molecular flexibility index (Phi) is 3.74. The van der Waals surface area contributed by atoms with Crippen LogP contribution in [0.5, 0.6) is 0 Å². The minimum absolute atomic E-state index is 0.180. The van der Waals surface area contributed by atoms with Crippen LogP contribution in [0.4, 0.5) is 0 Å². The van der Waals surface area contributed by atoms with Gasteiger partial charge in [0.1, 0.15) is 6.10 Å². The van der Waals surface area contributed by atoms with Crippen molar-refractivity contribution in [1.29, 1.82) is 0 Å². The summed E-state index contributed by atoms with van der Waals surface area (Å²) in [6, 6.07) is 9.02. The predicted molar refractivity (Wildman–Crippen MR) is 66.7 cm³/mol. The predicted octanol–water partition coefficient (Wildman–Crippen LogP) is 1.94. The lowest BCUT2D eigenvalue weighted by molar-refractivity contribution is 0.0252. The van der Waals surface area contributed by atoms with Crippen molar-refractivity contribution in [1.82, 2.24) is 4.98 Å². The molecule has 0 saturated heterocycles. The Morgan fingerprint density at radius 2 is 2.06 bits per heavy atom. The Labute approximate surface area is 103 Å². The molecule has 18 heavy (non-hydrogen) atoms. The van der Waals surface area contributed by atoms with E-state index in [1.54, 1.807) is 24.4 Å². The Hall–Kier alpha value is -2.14. The van der Waals surface area contributed by atoms with Gasteiger partial charge in [0.2, 0.25) is 0 Å². The maximum atomic E-state index is 10.0. The van der Waals surface area contributed by atoms with E-state index in [1.165, 1.54) is 0 Å². The summed E-state index contributed by atoms with van der Waals surface area (Å²) in [5.74, 6) is 0. The summed E-state index contributed by atoms with van der Waals surface area (Å²) in [6.07, 6.45) is -0.652. The maximum absolute atomic E-state index is 10.0. The van der Waals surface area contributed by atoms with Gasteiger partial charge in [-0.05, 0) is 11.6 Å². The van der Waals surface area contributed by atoms with Gasteiger partial charge < -0.3 is 10.2 Å². The monoisotopic (exact) mass is 244 g/mol. The van der Waals surface area contributed by atoms with Crippen LogP contribution in [0.1, 0.15) is 11.7 Å². The van der Waals surface area contributed by atoms with E-state index in [-0.39, 0.29) is 6.54 Å². The van der Waals surface area contributed by atoms with Crippen LogP contribution >= 0.6 is 0 Å². The van der Waals surface area contributed by atoms with E-state index in [2.05, 4.69) is 15.0 Å². The minimum atomic E-state index is -1.14. The van der Waals surface area contributed by atoms with Crippen LogP contribution in [0.2, 0.25) is 0 Å². The maximum Gasteiger partial charge on any atom is 0.107 e. The van der Waals surface area contributed by atoms with Gasteiger partial charge in [-0.1, -0.05) is 29.4 Å². The number of hydrogen-bond acceptors (Lipinski definition) is 4. The van der Waals surface area contributed by atoms with Crippen LogP contribution in [0.25, 0.3) is 21.3 Å². The van der Waals surface area contributed by atoms with Crippen molar-refractivity contribution in [3.63, 3.8) is 0 Å². The normalized spacial score (nSPS) is 13.9. The van der Waals surface area contributed by atoms with Crippen molar-refractivity contribution in [3.05, 3.63) is 52.5 Å². The van der Waals surface area contributed by atoms with E-state index in [9.17, 15) is 10.2 Å². The molecule has 1 aromatic heterocycles. The average Bonchev–Trinajstić information content (AvgIpc) is 2.43. The van der Waals surface area contributed by atoms with Gasteiger partial charge in [-0.3, -0.25) is 4.98 Å². The van der Waals surface area contributed by atoms with E-state index in [0.717, 1.165) is 5.39 Å². The Morgan fingerprint density at radius 3 is 2.83 bits per heavy atom. The van der Waals surface area contributed by atoms with Crippen molar-refractivity contribution < 1.29 is 10.2 Å². The number of aliphatic hydroxyl groups is 2. The summed E-state index contributed by atoms with van der Waals surface area (Å²) in [6.45, 7) is -0.180. The number of nitrogens with zero attached hydrogens (tertiary/aromatic N) is 4. The van der Waals surface area contributed by atoms with Crippen molar-refractivity contribution in [2.24, 2.45) is 5.11 Å². The highest BCUT2D eigenvalue weighted by atomic mass is 16.3. The molecule has 0 bridgehead atoms. The Morgan fingerprint density at radius 1 is 1.28 bits per heavy atom. The number of fused-ring (bicyclic) bond motifs is 1. The second kappa shape index (κ2) is 5.46. The molecule has 0 spiro atoms. The molecule has 2 aromatic rings. The van der Waals surface area contributed by atoms with Crippen molar-refractivity contribution >= 4 is 10.9 Å². The second-order valence-corrected chi connectivity index (χ2v) is 3.85. The van der Waals surface area contributed by atoms with Gasteiger partial charge in [-0.2, -0.15) is 0 Å². The lowest BCUT2D eigenvalue weighted by Gasteiger charge is -2.17. The summed E-state index contributed by atoms with van der Waals surface area (Å²) < 4.78 is 0. The van der Waals surface area contributed by atoms with E-state index in [1.807, 2.05) is 12.1 Å². The third kappa shape index (κ3) is 2.41. The number of aliphatic hydroxyl groups excluding tert-OH is 2. The number of azide groups is 1. The number of rotatable bonds is 4. The lowest BCUT2D eigenvalue weighted by Crippen LogP contribution is -2.21. The second-order valence-electron chi connectivity index (χ2n) is 3.85. The van der Waals surface area contributed by atoms with Gasteiger partial charge in [-0.25, -0.2) is 0 Å². The number of aromatic nitrogens is 1. The van der Waals surface area contributed by atoms with Crippen LogP contribution in [-0.2, 0) is 0 Å². The molecule has 0 aliphatic heterocycles. The summed E-state index contributed by atoms with van der Waals surface area (Å²) in [5, 5.41) is 23.9. The van der Waals surface area contributed by atoms with Crippen LogP contribution in [0.3, 0.4) is 0 Å². The summed E-state index contributed by atoms with van der Waals surface area (Å²) in [5.41, 5.74) is 9.35. The average molecular weight is 244 g/mol. The van der Waals surface area contributed by atoms with Crippen molar-refractivity contribution in [2.75, 3.05) is 6.54 Å². The fourth-order valence-corrected chi connectivity index (χ4v) is 1.79. The van der Waals surface area contributed by atoms with E-state index < -0.39 is 12.2 Å². The van der Waals surface area contributed by atoms with Gasteiger partial charge in [0.05, 0.1) is 18.2 Å². The third-order valence-corrected chi connectivity index (χ3v) is 2.68. The van der Waals surface area contributed by atoms with Gasteiger partial charge >= 0.3 is 0 Å². The van der Waals surface area contributed by atoms with Crippen molar-refractivity contribution in [2.45, 2.75) is 12.2 Å². The molecular weight excluding hydrogens is 232 g/mol. The molecule has 92 valence electrons. The van der Waals surface area contributed by atoms with Crippen molar-refractivity contribution in [3.8, 4) is 0 Å². The summed E-state index contributed by atoms with van der Waals surface area (Å²) >= 11 is 0. The molecule has 2 N–H and O–H groups in total. The van der Waals surface area contributed by atoms with Crippen LogP contribution < -0.4 is 0 Å². The minimum Gasteiger partial charge on any atom is -0.390 e. The first kappa shape index (κ1) is 12.3. The summed E-state index contributed by atoms with van der Waals surface area (Å²) in [4.78, 5) is 6.74. The molecule has 0 fully saturated rings. The SMILES string of the molecule is [N-]=[N+]=NCC(O)C(O)c1cccc2cccnc12. The fourth-order valence-electron chi connectivity index (χ4n) is 1.79. The molecule has 6 heteroatoms. The molecule has 2 unspecified atom stereocenters. The first-order valence-corrected chi connectivity index (χ1v) is 5.44. The zero-order valence-corrected chi connectivity index (χ0v) is 9.51.